The molecule has 0 amide bonds. The van der Waals surface area contributed by atoms with Gasteiger partial charge in [-0.2, -0.15) is 0 Å². The number of halogens is 3. The molecule has 0 heterocycles. The second-order valence-electron chi connectivity index (χ2n) is 5.14. The summed E-state index contributed by atoms with van der Waals surface area (Å²) in [6, 6.07) is 8.02. The van der Waals surface area contributed by atoms with Gasteiger partial charge in [0.1, 0.15) is 0 Å². The van der Waals surface area contributed by atoms with Crippen LogP contribution in [0.4, 0.5) is 8.78 Å². The van der Waals surface area contributed by atoms with Crippen molar-refractivity contribution >= 4 is 11.6 Å². The molecule has 0 saturated carbocycles. The van der Waals surface area contributed by atoms with E-state index < -0.39 is 11.6 Å². The number of hydrogen-bond donors (Lipinski definition) is 1. The summed E-state index contributed by atoms with van der Waals surface area (Å²) in [5, 5.41) is 3.52. The molecule has 0 aliphatic carbocycles. The molecule has 0 bridgehead atoms. The first-order chi connectivity index (χ1) is 9.93. The van der Waals surface area contributed by atoms with Crippen LogP contribution in [0.2, 0.25) is 5.02 Å². The average molecular weight is 310 g/mol. The Morgan fingerprint density at radius 3 is 2.38 bits per heavy atom. The molecule has 4 heteroatoms. The quantitative estimate of drug-likeness (QED) is 0.789. The predicted octanol–water partition coefficient (Wildman–Crippen LogP) is 4.93. The van der Waals surface area contributed by atoms with Gasteiger partial charge in [-0.25, -0.2) is 8.78 Å². The first-order valence-corrected chi connectivity index (χ1v) is 7.26. The lowest BCUT2D eigenvalue weighted by molar-refractivity contribution is 0.504. The van der Waals surface area contributed by atoms with Crippen molar-refractivity contribution in [3.05, 3.63) is 69.2 Å². The minimum atomic E-state index is -0.931. The molecule has 2 aromatic carbocycles. The van der Waals surface area contributed by atoms with E-state index in [4.69, 9.17) is 11.6 Å². The third-order valence-corrected chi connectivity index (χ3v) is 3.83. The van der Waals surface area contributed by atoms with E-state index in [0.717, 1.165) is 22.8 Å². The van der Waals surface area contributed by atoms with Crippen molar-refractivity contribution in [3.8, 4) is 0 Å². The van der Waals surface area contributed by atoms with Crippen molar-refractivity contribution in [2.45, 2.75) is 26.8 Å². The van der Waals surface area contributed by atoms with Crippen LogP contribution in [0.1, 0.15) is 35.2 Å². The summed E-state index contributed by atoms with van der Waals surface area (Å²) in [6.45, 7) is 6.64. The van der Waals surface area contributed by atoms with Crippen molar-refractivity contribution in [2.75, 3.05) is 6.54 Å². The van der Waals surface area contributed by atoms with Crippen LogP contribution in [0.25, 0.3) is 0 Å². The Morgan fingerprint density at radius 2 is 1.71 bits per heavy atom. The van der Waals surface area contributed by atoms with Crippen molar-refractivity contribution < 1.29 is 8.78 Å². The summed E-state index contributed by atoms with van der Waals surface area (Å²) in [4.78, 5) is 0. The first kappa shape index (κ1) is 15.9. The Bertz CT molecular complexity index is 655. The summed E-state index contributed by atoms with van der Waals surface area (Å²) < 4.78 is 26.9. The normalized spacial score (nSPS) is 12.5. The first-order valence-electron chi connectivity index (χ1n) is 6.89. The highest BCUT2D eigenvalue weighted by Crippen LogP contribution is 2.32. The Balaban J connectivity index is 2.58. The van der Waals surface area contributed by atoms with Crippen LogP contribution in [-0.4, -0.2) is 6.54 Å². The Kier molecular flexibility index (Phi) is 4.96. The van der Waals surface area contributed by atoms with Gasteiger partial charge in [-0.05, 0) is 49.2 Å². The van der Waals surface area contributed by atoms with Crippen molar-refractivity contribution in [1.82, 2.24) is 5.32 Å². The Hall–Kier alpha value is -1.45. The van der Waals surface area contributed by atoms with Crippen LogP contribution in [-0.2, 0) is 0 Å². The zero-order valence-electron chi connectivity index (χ0n) is 12.3. The molecule has 1 atom stereocenters. The van der Waals surface area contributed by atoms with Crippen molar-refractivity contribution in [3.63, 3.8) is 0 Å². The second kappa shape index (κ2) is 6.54. The van der Waals surface area contributed by atoms with Gasteiger partial charge in [-0.1, -0.05) is 42.3 Å². The maximum atomic E-state index is 13.6. The number of benzene rings is 2. The fourth-order valence-corrected chi connectivity index (χ4v) is 2.68. The molecule has 21 heavy (non-hydrogen) atoms. The molecule has 112 valence electrons. The van der Waals surface area contributed by atoms with Gasteiger partial charge in [0.25, 0.3) is 0 Å². The molecule has 1 nitrogen and oxygen atoms in total. The van der Waals surface area contributed by atoms with Gasteiger partial charge in [0.15, 0.2) is 11.6 Å². The highest BCUT2D eigenvalue weighted by atomic mass is 35.5. The lowest BCUT2D eigenvalue weighted by atomic mass is 9.93. The molecule has 0 aliphatic rings. The summed E-state index contributed by atoms with van der Waals surface area (Å²) in [5.41, 5.74) is 3.75. The van der Waals surface area contributed by atoms with E-state index in [1.165, 1.54) is 6.07 Å². The van der Waals surface area contributed by atoms with Gasteiger partial charge in [0.2, 0.25) is 0 Å². The summed E-state index contributed by atoms with van der Waals surface area (Å²) in [5.74, 6) is -1.82. The highest BCUT2D eigenvalue weighted by Gasteiger charge is 2.20. The van der Waals surface area contributed by atoms with Crippen LogP contribution in [0.5, 0.6) is 0 Å². The van der Waals surface area contributed by atoms with E-state index in [1.807, 2.05) is 39.0 Å². The monoisotopic (exact) mass is 309 g/mol. The molecule has 0 saturated heterocycles. The van der Waals surface area contributed by atoms with Gasteiger partial charge in [0.05, 0.1) is 6.04 Å². The predicted molar refractivity (Wildman–Crippen MR) is 82.8 cm³/mol. The van der Waals surface area contributed by atoms with E-state index >= 15 is 0 Å². The number of aryl methyl sites for hydroxylation is 2. The van der Waals surface area contributed by atoms with E-state index in [1.54, 1.807) is 0 Å². The van der Waals surface area contributed by atoms with Crippen LogP contribution < -0.4 is 5.32 Å². The van der Waals surface area contributed by atoms with E-state index in [-0.39, 0.29) is 11.1 Å². The topological polar surface area (TPSA) is 12.0 Å². The Labute approximate surface area is 128 Å². The molecule has 0 radical (unpaired) electrons. The zero-order valence-corrected chi connectivity index (χ0v) is 13.1. The minimum absolute atomic E-state index is 0.223. The molecule has 0 spiro atoms. The second-order valence-corrected chi connectivity index (χ2v) is 5.55. The van der Waals surface area contributed by atoms with Gasteiger partial charge < -0.3 is 5.32 Å². The van der Waals surface area contributed by atoms with E-state index in [2.05, 4.69) is 5.32 Å². The molecule has 1 unspecified atom stereocenters. The SMILES string of the molecule is CCNC(c1cc(C)ccc1C)c1cc(F)c(F)cc1Cl. The number of rotatable bonds is 4. The third kappa shape index (κ3) is 3.42. The van der Waals surface area contributed by atoms with Crippen LogP contribution in [0.3, 0.4) is 0 Å². The molecule has 0 aromatic heterocycles. The van der Waals surface area contributed by atoms with Gasteiger partial charge in [-0.3, -0.25) is 0 Å². The maximum Gasteiger partial charge on any atom is 0.160 e. The highest BCUT2D eigenvalue weighted by molar-refractivity contribution is 6.31. The van der Waals surface area contributed by atoms with Gasteiger partial charge >= 0.3 is 0 Å². The molecule has 0 fully saturated rings. The Morgan fingerprint density at radius 1 is 1.05 bits per heavy atom. The van der Waals surface area contributed by atoms with E-state index in [0.29, 0.717) is 12.1 Å². The van der Waals surface area contributed by atoms with Crippen LogP contribution in [0.15, 0.2) is 30.3 Å². The lowest BCUT2D eigenvalue weighted by Crippen LogP contribution is -2.23. The molecule has 0 aliphatic heterocycles. The fourth-order valence-electron chi connectivity index (χ4n) is 2.42. The van der Waals surface area contributed by atoms with Crippen molar-refractivity contribution in [1.29, 1.82) is 0 Å². The number of hydrogen-bond acceptors (Lipinski definition) is 1. The molecule has 2 rings (SSSR count). The van der Waals surface area contributed by atoms with Crippen LogP contribution >= 0.6 is 11.6 Å². The zero-order chi connectivity index (χ0) is 15.6. The molecular weight excluding hydrogens is 292 g/mol. The van der Waals surface area contributed by atoms with Gasteiger partial charge in [0, 0.05) is 5.02 Å². The maximum absolute atomic E-state index is 13.6. The standard InChI is InChI=1S/C17H18ClF2N/c1-4-21-17(12-7-10(2)5-6-11(12)3)13-8-15(19)16(20)9-14(13)18/h5-9,17,21H,4H2,1-3H3. The van der Waals surface area contributed by atoms with Crippen molar-refractivity contribution in [2.24, 2.45) is 0 Å². The summed E-state index contributed by atoms with van der Waals surface area (Å²) in [6.07, 6.45) is 0. The van der Waals surface area contributed by atoms with Crippen LogP contribution in [0, 0.1) is 25.5 Å². The van der Waals surface area contributed by atoms with E-state index in [9.17, 15) is 8.78 Å². The average Bonchev–Trinajstić information content (AvgIpc) is 2.43. The largest absolute Gasteiger partial charge is 0.306 e. The summed E-state index contributed by atoms with van der Waals surface area (Å²) >= 11 is 6.13. The molecular formula is C17H18ClF2N. The fraction of sp³-hybridized carbons (Fsp3) is 0.294. The third-order valence-electron chi connectivity index (χ3n) is 3.50. The smallest absolute Gasteiger partial charge is 0.160 e. The van der Waals surface area contributed by atoms with Gasteiger partial charge in [-0.15, -0.1) is 0 Å². The molecule has 1 N–H and O–H groups in total. The summed E-state index contributed by atoms with van der Waals surface area (Å²) in [7, 11) is 0. The lowest BCUT2D eigenvalue weighted by Gasteiger charge is -2.22. The minimum Gasteiger partial charge on any atom is -0.306 e. The molecule has 2 aromatic rings. The number of nitrogens with one attached hydrogen (secondary N) is 1.